The van der Waals surface area contributed by atoms with Gasteiger partial charge in [0.25, 0.3) is 0 Å². The number of anilines is 1. The number of likely N-dealkylation sites (tertiary alicyclic amines) is 1. The van der Waals surface area contributed by atoms with Crippen molar-refractivity contribution in [2.45, 2.75) is 94.1 Å². The molecule has 1 saturated heterocycles. The van der Waals surface area contributed by atoms with Gasteiger partial charge in [-0.15, -0.1) is 13.2 Å². The van der Waals surface area contributed by atoms with Crippen LogP contribution in [0.25, 0.3) is 10.8 Å². The van der Waals surface area contributed by atoms with Gasteiger partial charge in [-0.2, -0.15) is 0 Å². The molecule has 5 atom stereocenters. The van der Waals surface area contributed by atoms with E-state index in [1.807, 2.05) is 66.7 Å². The molecule has 1 aliphatic heterocycles. The topological polar surface area (TPSA) is 135 Å². The molecule has 3 aromatic rings. The van der Waals surface area contributed by atoms with Crippen LogP contribution in [0.15, 0.2) is 92.2 Å². The first-order chi connectivity index (χ1) is 24.5. The first-order valence-corrected chi connectivity index (χ1v) is 19.4. The molecular weight excluding hydrogens is 665 g/mol. The van der Waals surface area contributed by atoms with Crippen molar-refractivity contribution in [1.29, 1.82) is 0 Å². The summed E-state index contributed by atoms with van der Waals surface area (Å²) < 4.78 is 33.8. The lowest BCUT2D eigenvalue weighted by Crippen LogP contribution is -2.49. The van der Waals surface area contributed by atoms with Crippen LogP contribution in [0, 0.1) is 11.3 Å². The van der Waals surface area contributed by atoms with Crippen molar-refractivity contribution in [2.24, 2.45) is 11.3 Å². The molecule has 0 spiro atoms. The van der Waals surface area contributed by atoms with Crippen LogP contribution in [0.2, 0.25) is 0 Å². The van der Waals surface area contributed by atoms with Gasteiger partial charge < -0.3 is 15.0 Å². The number of fused-ring (bicyclic) bond motifs is 1. The highest BCUT2D eigenvalue weighted by molar-refractivity contribution is 7.91. The number of amides is 2. The van der Waals surface area contributed by atoms with Gasteiger partial charge in [0.2, 0.25) is 27.7 Å². The molecule has 3 aliphatic rings. The van der Waals surface area contributed by atoms with E-state index >= 15 is 0 Å². The molecule has 2 heterocycles. The minimum absolute atomic E-state index is 0.153. The maximum atomic E-state index is 14.6. The second kappa shape index (κ2) is 15.0. The lowest BCUT2D eigenvalue weighted by Gasteiger charge is -2.30. The van der Waals surface area contributed by atoms with E-state index in [-0.39, 0.29) is 37.0 Å². The predicted octanol–water partition coefficient (Wildman–Crippen LogP) is 6.35. The Morgan fingerprint density at radius 3 is 2.49 bits per heavy atom. The minimum Gasteiger partial charge on any atom is -0.472 e. The number of ether oxygens (including phenoxy) is 1. The third-order valence-corrected chi connectivity index (χ3v) is 13.0. The highest BCUT2D eigenvalue weighted by Gasteiger charge is 2.62. The number of pyridine rings is 1. The SMILES string of the molecule is C=CCCCCC[C@H](Nc1ccccc1)C(=O)N1C[C@H](Oc2nccc3ccccc23)C[C@H]1C(=O)C[C@]1(C(=O)NS(=O)(=O)C2(C)CC2)C[C@H]1C=C. The van der Waals surface area contributed by atoms with Gasteiger partial charge in [0.1, 0.15) is 12.1 Å². The summed E-state index contributed by atoms with van der Waals surface area (Å²) in [7, 11) is -3.91. The van der Waals surface area contributed by atoms with E-state index in [0.29, 0.717) is 31.6 Å². The van der Waals surface area contributed by atoms with Crippen LogP contribution in [0.3, 0.4) is 0 Å². The zero-order valence-electron chi connectivity index (χ0n) is 29.3. The third-order valence-electron chi connectivity index (χ3n) is 10.8. The minimum atomic E-state index is -3.91. The molecule has 2 N–H and O–H groups in total. The average molecular weight is 713 g/mol. The highest BCUT2D eigenvalue weighted by Crippen LogP contribution is 2.57. The molecule has 2 amide bonds. The van der Waals surface area contributed by atoms with Crippen molar-refractivity contribution in [2.75, 3.05) is 11.9 Å². The summed E-state index contributed by atoms with van der Waals surface area (Å²) in [5.74, 6) is -1.15. The number of para-hydroxylation sites is 1. The van der Waals surface area contributed by atoms with Gasteiger partial charge in [-0.3, -0.25) is 19.1 Å². The normalized spacial score (nSPS) is 23.9. The lowest BCUT2D eigenvalue weighted by atomic mass is 9.91. The van der Waals surface area contributed by atoms with Crippen molar-refractivity contribution < 1.29 is 27.5 Å². The van der Waals surface area contributed by atoms with E-state index in [1.165, 1.54) is 0 Å². The number of allylic oxidation sites excluding steroid dienone is 2. The Hall–Kier alpha value is -4.51. The fraction of sp³-hybridized carbons (Fsp3) is 0.450. The molecule has 11 heteroatoms. The number of carbonyl (C=O) groups is 3. The van der Waals surface area contributed by atoms with Crippen LogP contribution in [-0.2, 0) is 24.4 Å². The second-order valence-electron chi connectivity index (χ2n) is 14.5. The Bertz CT molecular complexity index is 1890. The Morgan fingerprint density at radius 2 is 1.78 bits per heavy atom. The summed E-state index contributed by atoms with van der Waals surface area (Å²) in [6.45, 7) is 9.43. The molecular formula is C40H48N4O6S. The number of nitrogens with zero attached hydrogens (tertiary/aromatic N) is 2. The largest absolute Gasteiger partial charge is 0.472 e. The lowest BCUT2D eigenvalue weighted by molar-refractivity contribution is -0.139. The van der Waals surface area contributed by atoms with Crippen LogP contribution >= 0.6 is 0 Å². The van der Waals surface area contributed by atoms with Crippen LogP contribution < -0.4 is 14.8 Å². The van der Waals surface area contributed by atoms with E-state index in [9.17, 15) is 22.8 Å². The number of carbonyl (C=O) groups excluding carboxylic acids is 3. The number of sulfonamides is 1. The summed E-state index contributed by atoms with van der Waals surface area (Å²) >= 11 is 0. The summed E-state index contributed by atoms with van der Waals surface area (Å²) in [6.07, 6.45) is 10.0. The van der Waals surface area contributed by atoms with Crippen LogP contribution in [0.4, 0.5) is 5.69 Å². The molecule has 0 unspecified atom stereocenters. The van der Waals surface area contributed by atoms with E-state index in [0.717, 1.165) is 42.1 Å². The molecule has 10 nitrogen and oxygen atoms in total. The monoisotopic (exact) mass is 712 g/mol. The summed E-state index contributed by atoms with van der Waals surface area (Å²) in [6, 6.07) is 17.7. The van der Waals surface area contributed by atoms with Crippen LogP contribution in [0.1, 0.15) is 71.1 Å². The number of aromatic nitrogens is 1. The van der Waals surface area contributed by atoms with Gasteiger partial charge in [-0.25, -0.2) is 13.4 Å². The van der Waals surface area contributed by atoms with Crippen molar-refractivity contribution >= 4 is 44.1 Å². The van der Waals surface area contributed by atoms with Crippen LogP contribution in [0.5, 0.6) is 5.88 Å². The molecule has 0 radical (unpaired) electrons. The number of nitrogens with one attached hydrogen (secondary N) is 2. The first kappa shape index (κ1) is 36.3. The van der Waals surface area contributed by atoms with Gasteiger partial charge in [0.05, 0.1) is 22.7 Å². The Balaban J connectivity index is 1.27. The maximum absolute atomic E-state index is 14.6. The van der Waals surface area contributed by atoms with Crippen molar-refractivity contribution in [3.05, 3.63) is 92.2 Å². The molecule has 270 valence electrons. The number of rotatable bonds is 18. The zero-order chi connectivity index (χ0) is 36.2. The number of ketones is 1. The molecule has 1 aromatic heterocycles. The molecule has 2 aliphatic carbocycles. The van der Waals surface area contributed by atoms with E-state index in [1.54, 1.807) is 24.1 Å². The second-order valence-corrected chi connectivity index (χ2v) is 16.7. The number of Topliss-reactive ketones (excluding diaryl/α,β-unsaturated/α-hetero) is 1. The number of benzene rings is 2. The van der Waals surface area contributed by atoms with E-state index < -0.39 is 44.3 Å². The third kappa shape index (κ3) is 7.88. The molecule has 6 rings (SSSR count). The van der Waals surface area contributed by atoms with E-state index in [4.69, 9.17) is 4.74 Å². The van der Waals surface area contributed by atoms with Crippen molar-refractivity contribution in [3.8, 4) is 5.88 Å². The smallest absolute Gasteiger partial charge is 0.245 e. The standard InChI is InChI=1S/C40H48N4O6S/c1-4-6-7-8-12-19-33(42-30-16-10-9-11-17-30)37(46)44-27-31(50-36-32-18-14-13-15-28(32)20-23-41-36)24-34(44)35(45)26-40(25-29(40)5-2)38(47)43-51(48,49)39(3)21-22-39/h4-5,9-11,13-18,20,23,29,31,33-34,42H,1-2,6-8,12,19,21-22,24-27H2,3H3,(H,43,47)/t29-,31-,33+,34+,40-/m1/s1. The quantitative estimate of drug-likeness (QED) is 0.115. The summed E-state index contributed by atoms with van der Waals surface area (Å²) in [5.41, 5.74) is -0.445. The Morgan fingerprint density at radius 1 is 1.04 bits per heavy atom. The number of unbranched alkanes of at least 4 members (excludes halogenated alkanes) is 3. The van der Waals surface area contributed by atoms with Gasteiger partial charge >= 0.3 is 0 Å². The average Bonchev–Trinajstić information content (AvgIpc) is 4.02. The molecule has 0 bridgehead atoms. The van der Waals surface area contributed by atoms with E-state index in [2.05, 4.69) is 28.2 Å². The van der Waals surface area contributed by atoms with Gasteiger partial charge in [-0.05, 0) is 81.0 Å². The molecule has 2 saturated carbocycles. The zero-order valence-corrected chi connectivity index (χ0v) is 30.1. The summed E-state index contributed by atoms with van der Waals surface area (Å²) in [4.78, 5) is 48.8. The fourth-order valence-corrected chi connectivity index (χ4v) is 8.52. The van der Waals surface area contributed by atoms with Gasteiger partial charge in [0, 0.05) is 30.1 Å². The Labute approximate surface area is 300 Å². The fourth-order valence-electron chi connectivity index (χ4n) is 7.19. The first-order valence-electron chi connectivity index (χ1n) is 18.0. The van der Waals surface area contributed by atoms with Crippen molar-refractivity contribution in [1.82, 2.24) is 14.6 Å². The maximum Gasteiger partial charge on any atom is 0.245 e. The van der Waals surface area contributed by atoms with Gasteiger partial charge in [0.15, 0.2) is 5.78 Å². The van der Waals surface area contributed by atoms with Crippen molar-refractivity contribution in [3.63, 3.8) is 0 Å². The summed E-state index contributed by atoms with van der Waals surface area (Å²) in [5, 5.41) is 5.19. The Kier molecular flexibility index (Phi) is 10.7. The molecule has 3 fully saturated rings. The predicted molar refractivity (Wildman–Crippen MR) is 198 cm³/mol. The highest BCUT2D eigenvalue weighted by atomic mass is 32.2. The molecule has 51 heavy (non-hydrogen) atoms. The van der Waals surface area contributed by atoms with Crippen LogP contribution in [-0.4, -0.2) is 65.4 Å². The number of hydrogen-bond donors (Lipinski definition) is 2. The number of hydrogen-bond acceptors (Lipinski definition) is 8. The molecule has 2 aromatic carbocycles. The van der Waals surface area contributed by atoms with Gasteiger partial charge in [-0.1, -0.05) is 61.4 Å².